The van der Waals surface area contributed by atoms with Gasteiger partial charge in [-0.2, -0.15) is 0 Å². The van der Waals surface area contributed by atoms with Gasteiger partial charge in [-0.15, -0.1) is 11.6 Å². The molecule has 0 spiro atoms. The monoisotopic (exact) mass is 279 g/mol. The Bertz CT molecular complexity index is 406. The number of unbranched alkanes of at least 4 members (excludes halogenated alkanes) is 2. The zero-order chi connectivity index (χ0) is 13.7. The summed E-state index contributed by atoms with van der Waals surface area (Å²) in [5, 5.41) is 0. The fourth-order valence-corrected chi connectivity index (χ4v) is 2.74. The number of hydrogen-bond acceptors (Lipinski definition) is 1. The first-order chi connectivity index (χ1) is 9.24. The van der Waals surface area contributed by atoms with Crippen LogP contribution in [0, 0.1) is 5.92 Å². The van der Waals surface area contributed by atoms with E-state index in [4.69, 9.17) is 11.6 Å². The lowest BCUT2D eigenvalue weighted by Gasteiger charge is -2.17. The molecule has 0 saturated heterocycles. The molecule has 0 heterocycles. The zero-order valence-corrected chi connectivity index (χ0v) is 12.3. The van der Waals surface area contributed by atoms with Crippen molar-refractivity contribution in [1.82, 2.24) is 4.90 Å². The third-order valence-electron chi connectivity index (χ3n) is 3.84. The number of rotatable bonds is 7. The van der Waals surface area contributed by atoms with Crippen molar-refractivity contribution in [3.05, 3.63) is 35.9 Å². The second-order valence-corrected chi connectivity index (χ2v) is 5.75. The van der Waals surface area contributed by atoms with Crippen LogP contribution in [0.1, 0.15) is 37.2 Å². The minimum atomic E-state index is 0.209. The van der Waals surface area contributed by atoms with E-state index in [0.717, 1.165) is 38.1 Å². The van der Waals surface area contributed by atoms with Gasteiger partial charge in [0.15, 0.2) is 0 Å². The second-order valence-electron chi connectivity index (χ2n) is 5.37. The second kappa shape index (κ2) is 6.95. The lowest BCUT2D eigenvalue weighted by molar-refractivity contribution is -0.131. The molecular weight excluding hydrogens is 258 g/mol. The molecule has 1 aliphatic rings. The molecule has 2 atom stereocenters. The SMILES string of the molecule is CN(CCCCCCl)C(=O)C1CC1c1ccccc1. The summed E-state index contributed by atoms with van der Waals surface area (Å²) in [5.74, 6) is 1.68. The molecule has 0 bridgehead atoms. The van der Waals surface area contributed by atoms with Gasteiger partial charge in [-0.05, 0) is 30.7 Å². The highest BCUT2D eigenvalue weighted by Gasteiger charge is 2.44. The Balaban J connectivity index is 1.76. The summed E-state index contributed by atoms with van der Waals surface area (Å²) in [6.07, 6.45) is 4.21. The Morgan fingerprint density at radius 1 is 1.26 bits per heavy atom. The topological polar surface area (TPSA) is 20.3 Å². The van der Waals surface area contributed by atoms with Crippen molar-refractivity contribution in [2.45, 2.75) is 31.6 Å². The van der Waals surface area contributed by atoms with E-state index in [1.165, 1.54) is 5.56 Å². The molecule has 1 aliphatic carbocycles. The van der Waals surface area contributed by atoms with E-state index in [1.54, 1.807) is 0 Å². The fraction of sp³-hybridized carbons (Fsp3) is 0.562. The molecule has 1 aromatic carbocycles. The number of carbonyl (C=O) groups is 1. The Kier molecular flexibility index (Phi) is 5.26. The van der Waals surface area contributed by atoms with Gasteiger partial charge >= 0.3 is 0 Å². The first kappa shape index (κ1) is 14.4. The van der Waals surface area contributed by atoms with Crippen LogP contribution in [0.15, 0.2) is 30.3 Å². The van der Waals surface area contributed by atoms with Gasteiger partial charge < -0.3 is 4.90 Å². The minimum Gasteiger partial charge on any atom is -0.346 e. The molecule has 1 aromatic rings. The molecule has 0 aromatic heterocycles. The van der Waals surface area contributed by atoms with Gasteiger partial charge in [-0.1, -0.05) is 36.8 Å². The van der Waals surface area contributed by atoms with Gasteiger partial charge in [0.2, 0.25) is 5.91 Å². The first-order valence-electron chi connectivity index (χ1n) is 7.10. The largest absolute Gasteiger partial charge is 0.346 e. The Labute approximate surface area is 120 Å². The molecular formula is C16H22ClNO. The lowest BCUT2D eigenvalue weighted by Crippen LogP contribution is -2.29. The maximum Gasteiger partial charge on any atom is 0.226 e. The van der Waals surface area contributed by atoms with Crippen LogP contribution < -0.4 is 0 Å². The molecule has 2 rings (SSSR count). The molecule has 1 saturated carbocycles. The summed E-state index contributed by atoms with van der Waals surface area (Å²) in [5.41, 5.74) is 1.30. The van der Waals surface area contributed by atoms with Crippen molar-refractivity contribution in [3.63, 3.8) is 0 Å². The Morgan fingerprint density at radius 2 is 2.00 bits per heavy atom. The third kappa shape index (κ3) is 3.97. The number of nitrogens with zero attached hydrogens (tertiary/aromatic N) is 1. The summed E-state index contributed by atoms with van der Waals surface area (Å²) in [6.45, 7) is 0.855. The Morgan fingerprint density at radius 3 is 2.68 bits per heavy atom. The molecule has 3 heteroatoms. The van der Waals surface area contributed by atoms with Crippen LogP contribution >= 0.6 is 11.6 Å². The summed E-state index contributed by atoms with van der Waals surface area (Å²) in [4.78, 5) is 14.1. The highest BCUT2D eigenvalue weighted by Crippen LogP contribution is 2.48. The third-order valence-corrected chi connectivity index (χ3v) is 4.11. The highest BCUT2D eigenvalue weighted by atomic mass is 35.5. The summed E-state index contributed by atoms with van der Waals surface area (Å²) >= 11 is 5.65. The quantitative estimate of drug-likeness (QED) is 0.551. The van der Waals surface area contributed by atoms with Crippen LogP contribution in [0.3, 0.4) is 0 Å². The maximum absolute atomic E-state index is 12.3. The maximum atomic E-state index is 12.3. The molecule has 0 aliphatic heterocycles. The molecule has 104 valence electrons. The van der Waals surface area contributed by atoms with Crippen LogP contribution in [-0.2, 0) is 4.79 Å². The minimum absolute atomic E-state index is 0.209. The number of carbonyl (C=O) groups excluding carboxylic acids is 1. The Hall–Kier alpha value is -1.02. The van der Waals surface area contributed by atoms with Crippen molar-refractivity contribution in [2.24, 2.45) is 5.92 Å². The van der Waals surface area contributed by atoms with Crippen molar-refractivity contribution in [3.8, 4) is 0 Å². The highest BCUT2D eigenvalue weighted by molar-refractivity contribution is 6.17. The molecule has 2 nitrogen and oxygen atoms in total. The van der Waals surface area contributed by atoms with Crippen molar-refractivity contribution in [1.29, 1.82) is 0 Å². The van der Waals surface area contributed by atoms with Crippen LogP contribution in [0.25, 0.3) is 0 Å². The van der Waals surface area contributed by atoms with Gasteiger partial charge in [0, 0.05) is 25.4 Å². The summed E-state index contributed by atoms with van der Waals surface area (Å²) < 4.78 is 0. The molecule has 1 fully saturated rings. The molecule has 0 N–H and O–H groups in total. The lowest BCUT2D eigenvalue weighted by atomic mass is 10.1. The summed E-state index contributed by atoms with van der Waals surface area (Å²) in [6, 6.07) is 10.4. The zero-order valence-electron chi connectivity index (χ0n) is 11.5. The van der Waals surface area contributed by atoms with Gasteiger partial charge in [-0.25, -0.2) is 0 Å². The van der Waals surface area contributed by atoms with E-state index in [0.29, 0.717) is 11.8 Å². The number of benzene rings is 1. The van der Waals surface area contributed by atoms with E-state index < -0.39 is 0 Å². The smallest absolute Gasteiger partial charge is 0.226 e. The van der Waals surface area contributed by atoms with Crippen molar-refractivity contribution >= 4 is 17.5 Å². The van der Waals surface area contributed by atoms with Gasteiger partial charge in [0.1, 0.15) is 0 Å². The molecule has 1 amide bonds. The van der Waals surface area contributed by atoms with Crippen molar-refractivity contribution < 1.29 is 4.79 Å². The van der Waals surface area contributed by atoms with Gasteiger partial charge in [0.05, 0.1) is 0 Å². The standard InChI is InChI=1S/C16H22ClNO/c1-18(11-7-3-6-10-17)16(19)15-12-14(15)13-8-4-2-5-9-13/h2,4-5,8-9,14-15H,3,6-7,10-12H2,1H3. The van der Waals surface area contributed by atoms with E-state index in [2.05, 4.69) is 12.1 Å². The number of amides is 1. The van der Waals surface area contributed by atoms with Crippen molar-refractivity contribution in [2.75, 3.05) is 19.5 Å². The van der Waals surface area contributed by atoms with Crippen LogP contribution in [0.4, 0.5) is 0 Å². The normalized spacial score (nSPS) is 21.2. The average Bonchev–Trinajstić information content (AvgIpc) is 3.24. The van der Waals surface area contributed by atoms with E-state index >= 15 is 0 Å². The molecule has 0 radical (unpaired) electrons. The predicted octanol–water partition coefficient (Wildman–Crippen LogP) is 3.66. The van der Waals surface area contributed by atoms with Crippen LogP contribution in [0.5, 0.6) is 0 Å². The molecule has 2 unspecified atom stereocenters. The average molecular weight is 280 g/mol. The van der Waals surface area contributed by atoms with Crippen LogP contribution in [-0.4, -0.2) is 30.3 Å². The van der Waals surface area contributed by atoms with E-state index in [9.17, 15) is 4.79 Å². The first-order valence-corrected chi connectivity index (χ1v) is 7.63. The van der Waals surface area contributed by atoms with Gasteiger partial charge in [-0.3, -0.25) is 4.79 Å². The number of alkyl halides is 1. The van der Waals surface area contributed by atoms with Gasteiger partial charge in [0.25, 0.3) is 0 Å². The summed E-state index contributed by atoms with van der Waals surface area (Å²) in [7, 11) is 1.92. The van der Waals surface area contributed by atoms with Crippen LogP contribution in [0.2, 0.25) is 0 Å². The molecule has 19 heavy (non-hydrogen) atoms. The predicted molar refractivity (Wildman–Crippen MR) is 79.5 cm³/mol. The number of halogens is 1. The van der Waals surface area contributed by atoms with E-state index in [-0.39, 0.29) is 5.92 Å². The number of hydrogen-bond donors (Lipinski definition) is 0. The fourth-order valence-electron chi connectivity index (χ4n) is 2.55. The van der Waals surface area contributed by atoms with E-state index in [1.807, 2.05) is 30.1 Å².